The number of carbonyl (C=O) groups excluding carboxylic acids is 1. The van der Waals surface area contributed by atoms with E-state index in [0.717, 1.165) is 23.7 Å². The average Bonchev–Trinajstić information content (AvgIpc) is 2.29. The standard InChI is InChI=1S/C14H19BrN2O/c1-9-2-3-12(15)6-10(9)4-5-17-14(18)11-7-13(16)8-11/h2-3,6,11,13H,4-5,7-8,16H2,1H3,(H,17,18). The Labute approximate surface area is 116 Å². The van der Waals surface area contributed by atoms with Crippen LogP contribution in [0.3, 0.4) is 0 Å². The van der Waals surface area contributed by atoms with Crippen molar-refractivity contribution in [2.75, 3.05) is 6.54 Å². The van der Waals surface area contributed by atoms with Gasteiger partial charge in [-0.25, -0.2) is 0 Å². The van der Waals surface area contributed by atoms with Crippen molar-refractivity contribution in [2.24, 2.45) is 11.7 Å². The van der Waals surface area contributed by atoms with E-state index in [-0.39, 0.29) is 17.9 Å². The van der Waals surface area contributed by atoms with Gasteiger partial charge in [-0.15, -0.1) is 0 Å². The van der Waals surface area contributed by atoms with Crippen molar-refractivity contribution in [1.82, 2.24) is 5.32 Å². The van der Waals surface area contributed by atoms with E-state index in [1.54, 1.807) is 0 Å². The van der Waals surface area contributed by atoms with E-state index < -0.39 is 0 Å². The second-order valence-electron chi connectivity index (χ2n) is 5.04. The van der Waals surface area contributed by atoms with Crippen LogP contribution >= 0.6 is 15.9 Å². The molecule has 1 aromatic rings. The Balaban J connectivity index is 1.78. The number of aryl methyl sites for hydroxylation is 1. The Morgan fingerprint density at radius 2 is 2.22 bits per heavy atom. The van der Waals surface area contributed by atoms with Gasteiger partial charge in [0.2, 0.25) is 5.91 Å². The summed E-state index contributed by atoms with van der Waals surface area (Å²) in [5, 5.41) is 2.99. The van der Waals surface area contributed by atoms with Crippen molar-refractivity contribution < 1.29 is 4.79 Å². The highest BCUT2D eigenvalue weighted by Crippen LogP contribution is 2.25. The lowest BCUT2D eigenvalue weighted by atomic mass is 9.80. The molecule has 1 aromatic carbocycles. The van der Waals surface area contributed by atoms with Gasteiger partial charge < -0.3 is 11.1 Å². The van der Waals surface area contributed by atoms with Crippen molar-refractivity contribution in [3.05, 3.63) is 33.8 Å². The zero-order valence-electron chi connectivity index (χ0n) is 10.6. The Morgan fingerprint density at radius 1 is 1.50 bits per heavy atom. The van der Waals surface area contributed by atoms with Crippen molar-refractivity contribution in [2.45, 2.75) is 32.2 Å². The first kappa shape index (κ1) is 13.6. The van der Waals surface area contributed by atoms with Crippen molar-refractivity contribution in [1.29, 1.82) is 0 Å². The van der Waals surface area contributed by atoms with Crippen LogP contribution in [0.25, 0.3) is 0 Å². The zero-order valence-corrected chi connectivity index (χ0v) is 12.2. The van der Waals surface area contributed by atoms with Gasteiger partial charge in [0.1, 0.15) is 0 Å². The molecule has 98 valence electrons. The van der Waals surface area contributed by atoms with Gasteiger partial charge in [0.15, 0.2) is 0 Å². The van der Waals surface area contributed by atoms with E-state index in [0.29, 0.717) is 6.54 Å². The minimum absolute atomic E-state index is 0.142. The van der Waals surface area contributed by atoms with Crippen LogP contribution in [-0.4, -0.2) is 18.5 Å². The van der Waals surface area contributed by atoms with Crippen LogP contribution in [0.1, 0.15) is 24.0 Å². The molecule has 0 atom stereocenters. The number of rotatable bonds is 4. The van der Waals surface area contributed by atoms with E-state index in [1.165, 1.54) is 11.1 Å². The summed E-state index contributed by atoms with van der Waals surface area (Å²) in [4.78, 5) is 11.7. The lowest BCUT2D eigenvalue weighted by molar-refractivity contribution is -0.127. The third-order valence-corrected chi connectivity index (χ3v) is 4.04. The van der Waals surface area contributed by atoms with Gasteiger partial charge in [-0.3, -0.25) is 4.79 Å². The molecule has 0 radical (unpaired) electrons. The molecule has 1 saturated carbocycles. The fourth-order valence-corrected chi connectivity index (χ4v) is 2.66. The summed E-state index contributed by atoms with van der Waals surface area (Å²) in [6.07, 6.45) is 2.54. The van der Waals surface area contributed by atoms with Crippen LogP contribution in [0, 0.1) is 12.8 Å². The molecule has 1 amide bonds. The van der Waals surface area contributed by atoms with Crippen LogP contribution in [-0.2, 0) is 11.2 Å². The van der Waals surface area contributed by atoms with Crippen LogP contribution < -0.4 is 11.1 Å². The largest absolute Gasteiger partial charge is 0.356 e. The molecule has 4 heteroatoms. The number of hydrogen-bond donors (Lipinski definition) is 2. The molecule has 0 bridgehead atoms. The van der Waals surface area contributed by atoms with Gasteiger partial charge >= 0.3 is 0 Å². The molecule has 0 spiro atoms. The third kappa shape index (κ3) is 3.33. The molecular weight excluding hydrogens is 292 g/mol. The maximum atomic E-state index is 11.7. The predicted octanol–water partition coefficient (Wildman–Crippen LogP) is 2.15. The van der Waals surface area contributed by atoms with E-state index in [9.17, 15) is 4.79 Å². The van der Waals surface area contributed by atoms with E-state index in [4.69, 9.17) is 5.73 Å². The fraction of sp³-hybridized carbons (Fsp3) is 0.500. The van der Waals surface area contributed by atoms with Gasteiger partial charge in [-0.2, -0.15) is 0 Å². The van der Waals surface area contributed by atoms with Crippen LogP contribution in [0.15, 0.2) is 22.7 Å². The van der Waals surface area contributed by atoms with E-state index >= 15 is 0 Å². The van der Waals surface area contributed by atoms with E-state index in [2.05, 4.69) is 40.3 Å². The quantitative estimate of drug-likeness (QED) is 0.895. The first-order chi connectivity index (χ1) is 8.56. The third-order valence-electron chi connectivity index (χ3n) is 3.55. The SMILES string of the molecule is Cc1ccc(Br)cc1CCNC(=O)C1CC(N)C1. The summed E-state index contributed by atoms with van der Waals surface area (Å²) in [5.74, 6) is 0.299. The zero-order chi connectivity index (χ0) is 13.1. The fourth-order valence-electron chi connectivity index (χ4n) is 2.25. The number of nitrogens with one attached hydrogen (secondary N) is 1. The molecule has 0 saturated heterocycles. The summed E-state index contributed by atoms with van der Waals surface area (Å²) in [7, 11) is 0. The highest BCUT2D eigenvalue weighted by molar-refractivity contribution is 9.10. The number of nitrogens with two attached hydrogens (primary N) is 1. The lowest BCUT2D eigenvalue weighted by Crippen LogP contribution is -2.45. The Bertz CT molecular complexity index is 441. The van der Waals surface area contributed by atoms with Gasteiger partial charge in [-0.05, 0) is 49.4 Å². The molecule has 1 fully saturated rings. The van der Waals surface area contributed by atoms with Gasteiger partial charge in [0, 0.05) is 23.0 Å². The molecule has 3 nitrogen and oxygen atoms in total. The Morgan fingerprint density at radius 3 is 2.89 bits per heavy atom. The maximum Gasteiger partial charge on any atom is 0.223 e. The monoisotopic (exact) mass is 310 g/mol. The molecule has 18 heavy (non-hydrogen) atoms. The predicted molar refractivity (Wildman–Crippen MR) is 76.3 cm³/mol. The molecule has 1 aliphatic carbocycles. The highest BCUT2D eigenvalue weighted by Gasteiger charge is 2.31. The van der Waals surface area contributed by atoms with Crippen LogP contribution in [0.2, 0.25) is 0 Å². The molecule has 0 heterocycles. The summed E-state index contributed by atoms with van der Waals surface area (Å²) >= 11 is 3.47. The van der Waals surface area contributed by atoms with Crippen molar-refractivity contribution >= 4 is 21.8 Å². The highest BCUT2D eigenvalue weighted by atomic mass is 79.9. The Hall–Kier alpha value is -0.870. The number of benzene rings is 1. The van der Waals surface area contributed by atoms with E-state index in [1.807, 2.05) is 6.07 Å². The first-order valence-corrected chi connectivity index (χ1v) is 7.14. The summed E-state index contributed by atoms with van der Waals surface area (Å²) in [6, 6.07) is 6.47. The molecule has 0 aliphatic heterocycles. The molecule has 1 aliphatic rings. The van der Waals surface area contributed by atoms with Crippen LogP contribution in [0.5, 0.6) is 0 Å². The second kappa shape index (κ2) is 5.85. The average molecular weight is 311 g/mol. The number of carbonyl (C=O) groups is 1. The normalized spacial score (nSPS) is 22.4. The van der Waals surface area contributed by atoms with Gasteiger partial charge in [-0.1, -0.05) is 22.0 Å². The van der Waals surface area contributed by atoms with Gasteiger partial charge in [0.25, 0.3) is 0 Å². The van der Waals surface area contributed by atoms with Crippen LogP contribution in [0.4, 0.5) is 0 Å². The molecular formula is C14H19BrN2O. The number of hydrogen-bond acceptors (Lipinski definition) is 2. The lowest BCUT2D eigenvalue weighted by Gasteiger charge is -2.31. The summed E-state index contributed by atoms with van der Waals surface area (Å²) < 4.78 is 1.08. The smallest absolute Gasteiger partial charge is 0.223 e. The summed E-state index contributed by atoms with van der Waals surface area (Å²) in [6.45, 7) is 2.79. The minimum atomic E-state index is 0.142. The maximum absolute atomic E-state index is 11.7. The molecule has 2 rings (SSSR count). The van der Waals surface area contributed by atoms with Gasteiger partial charge in [0.05, 0.1) is 0 Å². The number of halogens is 1. The topological polar surface area (TPSA) is 55.1 Å². The minimum Gasteiger partial charge on any atom is -0.356 e. The Kier molecular flexibility index (Phi) is 4.40. The first-order valence-electron chi connectivity index (χ1n) is 6.34. The molecule has 0 unspecified atom stereocenters. The van der Waals surface area contributed by atoms with Crippen molar-refractivity contribution in [3.8, 4) is 0 Å². The number of amides is 1. The molecule has 3 N–H and O–H groups in total. The van der Waals surface area contributed by atoms with Crippen molar-refractivity contribution in [3.63, 3.8) is 0 Å². The summed E-state index contributed by atoms with van der Waals surface area (Å²) in [5.41, 5.74) is 8.21. The molecule has 0 aromatic heterocycles. The second-order valence-corrected chi connectivity index (χ2v) is 5.96.